The Morgan fingerprint density at radius 3 is 3.06 bits per heavy atom. The van der Waals surface area contributed by atoms with Gasteiger partial charge in [-0.3, -0.25) is 10.2 Å². The van der Waals surface area contributed by atoms with Crippen LogP contribution in [0.1, 0.15) is 5.56 Å². The van der Waals surface area contributed by atoms with Crippen molar-refractivity contribution in [3.05, 3.63) is 29.0 Å². The maximum absolute atomic E-state index is 8.43. The zero-order valence-corrected chi connectivity index (χ0v) is 9.32. The molecular formula is C9H10ClN5O. The summed E-state index contributed by atoms with van der Waals surface area (Å²) >= 11 is 5.64. The number of guanidine groups is 1. The summed E-state index contributed by atoms with van der Waals surface area (Å²) in [4.78, 5) is 12.6. The molecule has 0 saturated heterocycles. The van der Waals surface area contributed by atoms with E-state index in [4.69, 9.17) is 16.9 Å². The normalized spacial score (nSPS) is 10.7. The maximum Gasteiger partial charge on any atom is 0.229 e. The van der Waals surface area contributed by atoms with Crippen molar-refractivity contribution >= 4 is 17.6 Å². The number of hydrogen-bond donors (Lipinski definition) is 2. The number of rotatable bonds is 3. The molecule has 16 heavy (non-hydrogen) atoms. The van der Waals surface area contributed by atoms with Gasteiger partial charge in [-0.2, -0.15) is 5.26 Å². The first-order valence-corrected chi connectivity index (χ1v) is 4.73. The first kappa shape index (κ1) is 12.2. The largest absolute Gasteiger partial charge is 0.277 e. The van der Waals surface area contributed by atoms with Gasteiger partial charge in [0, 0.05) is 6.20 Å². The second-order valence-electron chi connectivity index (χ2n) is 2.70. The summed E-state index contributed by atoms with van der Waals surface area (Å²) in [7, 11) is 1.43. The monoisotopic (exact) mass is 239 g/mol. The molecule has 0 aliphatic heterocycles. The number of halogens is 1. The summed E-state index contributed by atoms with van der Waals surface area (Å²) < 4.78 is 0. The number of hydrogen-bond acceptors (Lipinski definition) is 4. The number of nitrogens with zero attached hydrogens (tertiary/aromatic N) is 3. The molecule has 2 N–H and O–H groups in total. The van der Waals surface area contributed by atoms with Crippen molar-refractivity contribution in [1.82, 2.24) is 15.8 Å². The minimum absolute atomic E-state index is 0.236. The highest BCUT2D eigenvalue weighted by Crippen LogP contribution is 2.05. The fourth-order valence-corrected chi connectivity index (χ4v) is 1.03. The van der Waals surface area contributed by atoms with Gasteiger partial charge in [-0.05, 0) is 11.6 Å². The van der Waals surface area contributed by atoms with Crippen molar-refractivity contribution in [1.29, 1.82) is 5.26 Å². The van der Waals surface area contributed by atoms with E-state index in [1.165, 1.54) is 7.11 Å². The molecule has 1 rings (SSSR count). The third-order valence-corrected chi connectivity index (χ3v) is 1.81. The van der Waals surface area contributed by atoms with Gasteiger partial charge >= 0.3 is 0 Å². The van der Waals surface area contributed by atoms with Crippen LogP contribution in [0.3, 0.4) is 0 Å². The molecule has 0 atom stereocenters. The molecule has 0 radical (unpaired) electrons. The van der Waals surface area contributed by atoms with Crippen LogP contribution in [-0.2, 0) is 11.4 Å². The zero-order chi connectivity index (χ0) is 11.8. The van der Waals surface area contributed by atoms with Crippen LogP contribution in [-0.4, -0.2) is 18.1 Å². The summed E-state index contributed by atoms with van der Waals surface area (Å²) in [5, 5.41) is 11.2. The lowest BCUT2D eigenvalue weighted by molar-refractivity contribution is 0.142. The maximum atomic E-state index is 8.43. The molecular weight excluding hydrogens is 230 g/mol. The molecule has 0 aromatic carbocycles. The van der Waals surface area contributed by atoms with E-state index < -0.39 is 0 Å². The van der Waals surface area contributed by atoms with Gasteiger partial charge in [-0.1, -0.05) is 17.7 Å². The molecule has 0 fully saturated rings. The minimum Gasteiger partial charge on any atom is -0.277 e. The van der Waals surface area contributed by atoms with Gasteiger partial charge in [0.1, 0.15) is 5.15 Å². The Morgan fingerprint density at radius 2 is 2.50 bits per heavy atom. The van der Waals surface area contributed by atoms with Gasteiger partial charge in [0.15, 0.2) is 6.19 Å². The second-order valence-corrected chi connectivity index (χ2v) is 3.08. The van der Waals surface area contributed by atoms with Crippen LogP contribution in [0, 0.1) is 11.5 Å². The number of nitriles is 1. The Bertz CT molecular complexity index is 397. The van der Waals surface area contributed by atoms with E-state index in [9.17, 15) is 0 Å². The van der Waals surface area contributed by atoms with Crippen LogP contribution in [0.2, 0.25) is 5.15 Å². The molecule has 0 unspecified atom stereocenters. The molecule has 6 nitrogen and oxygen atoms in total. The highest BCUT2D eigenvalue weighted by atomic mass is 35.5. The summed E-state index contributed by atoms with van der Waals surface area (Å²) in [5.74, 6) is 0.236. The highest BCUT2D eigenvalue weighted by Gasteiger charge is 1.97. The summed E-state index contributed by atoms with van der Waals surface area (Å²) in [6.07, 6.45) is 3.35. The Hall–Kier alpha value is -1.84. The van der Waals surface area contributed by atoms with Crippen molar-refractivity contribution in [2.24, 2.45) is 4.99 Å². The molecule has 84 valence electrons. The Balaban J connectivity index is 2.62. The smallest absolute Gasteiger partial charge is 0.229 e. The second kappa shape index (κ2) is 6.61. The van der Waals surface area contributed by atoms with E-state index in [2.05, 4.69) is 25.6 Å². The van der Waals surface area contributed by atoms with Gasteiger partial charge in [0.25, 0.3) is 0 Å². The Kier molecular flexibility index (Phi) is 5.05. The Morgan fingerprint density at radius 1 is 1.69 bits per heavy atom. The molecule has 0 bridgehead atoms. The van der Waals surface area contributed by atoms with Crippen molar-refractivity contribution < 1.29 is 4.84 Å². The predicted molar refractivity (Wildman–Crippen MR) is 59.3 cm³/mol. The number of aliphatic imine (C=N–C) groups is 1. The fourth-order valence-electron chi connectivity index (χ4n) is 0.917. The molecule has 1 heterocycles. The summed E-state index contributed by atoms with van der Waals surface area (Å²) in [6, 6.07) is 3.48. The Labute approximate surface area is 97.9 Å². The third-order valence-electron chi connectivity index (χ3n) is 1.58. The molecule has 0 aliphatic carbocycles. The highest BCUT2D eigenvalue weighted by molar-refractivity contribution is 6.29. The van der Waals surface area contributed by atoms with Gasteiger partial charge in [0.2, 0.25) is 5.96 Å². The van der Waals surface area contributed by atoms with Gasteiger partial charge in [0.05, 0.1) is 13.7 Å². The van der Waals surface area contributed by atoms with E-state index >= 15 is 0 Å². The number of aromatic nitrogens is 1. The lowest BCUT2D eigenvalue weighted by Crippen LogP contribution is -2.33. The van der Waals surface area contributed by atoms with Crippen LogP contribution in [0.25, 0.3) is 0 Å². The third kappa shape index (κ3) is 4.13. The SMILES string of the molecule is CONC(=NCc1ccc(Cl)nc1)NC#N. The zero-order valence-electron chi connectivity index (χ0n) is 8.57. The van der Waals surface area contributed by atoms with E-state index in [1.54, 1.807) is 24.5 Å². The first-order valence-electron chi connectivity index (χ1n) is 4.35. The van der Waals surface area contributed by atoms with E-state index in [1.807, 2.05) is 0 Å². The number of pyridine rings is 1. The summed E-state index contributed by atoms with van der Waals surface area (Å²) in [6.45, 7) is 0.366. The van der Waals surface area contributed by atoms with Crippen LogP contribution < -0.4 is 10.8 Å². The lowest BCUT2D eigenvalue weighted by atomic mass is 10.3. The molecule has 0 aliphatic rings. The van der Waals surface area contributed by atoms with Crippen molar-refractivity contribution in [3.63, 3.8) is 0 Å². The fraction of sp³-hybridized carbons (Fsp3) is 0.222. The first-order chi connectivity index (χ1) is 7.76. The summed E-state index contributed by atoms with van der Waals surface area (Å²) in [5.41, 5.74) is 3.31. The van der Waals surface area contributed by atoms with E-state index in [0.717, 1.165) is 5.56 Å². The van der Waals surface area contributed by atoms with Gasteiger partial charge < -0.3 is 0 Å². The van der Waals surface area contributed by atoms with Crippen LogP contribution in [0.5, 0.6) is 0 Å². The van der Waals surface area contributed by atoms with Crippen LogP contribution in [0.4, 0.5) is 0 Å². The molecule has 0 spiro atoms. The van der Waals surface area contributed by atoms with Crippen molar-refractivity contribution in [3.8, 4) is 6.19 Å². The number of nitrogens with one attached hydrogen (secondary N) is 2. The van der Waals surface area contributed by atoms with Gasteiger partial charge in [-0.15, -0.1) is 0 Å². The molecule has 0 amide bonds. The molecule has 1 aromatic rings. The standard InChI is InChI=1S/C9H10ClN5O/c1-16-15-9(14-6-11)13-5-7-2-3-8(10)12-4-7/h2-4H,5H2,1H3,(H2,13,14,15). The van der Waals surface area contributed by atoms with Crippen molar-refractivity contribution in [2.75, 3.05) is 7.11 Å². The lowest BCUT2D eigenvalue weighted by Gasteiger charge is -2.04. The van der Waals surface area contributed by atoms with Crippen molar-refractivity contribution in [2.45, 2.75) is 6.54 Å². The van der Waals surface area contributed by atoms with Crippen LogP contribution >= 0.6 is 11.6 Å². The van der Waals surface area contributed by atoms with Gasteiger partial charge in [-0.25, -0.2) is 15.5 Å². The number of hydroxylamine groups is 1. The predicted octanol–water partition coefficient (Wildman–Crippen LogP) is 0.813. The van der Waals surface area contributed by atoms with E-state index in [-0.39, 0.29) is 5.96 Å². The quantitative estimate of drug-likeness (QED) is 0.204. The minimum atomic E-state index is 0.236. The molecule has 0 saturated carbocycles. The molecule has 7 heteroatoms. The van der Waals surface area contributed by atoms with Crippen LogP contribution in [0.15, 0.2) is 23.3 Å². The molecule has 1 aromatic heterocycles. The average molecular weight is 240 g/mol. The van der Waals surface area contributed by atoms with E-state index in [0.29, 0.717) is 11.7 Å². The average Bonchev–Trinajstić information content (AvgIpc) is 2.29. The topological polar surface area (TPSA) is 82.3 Å².